The lowest BCUT2D eigenvalue weighted by Crippen LogP contribution is -2.48. The van der Waals surface area contributed by atoms with Crippen LogP contribution >= 0.6 is 11.3 Å². The zero-order valence-electron chi connectivity index (χ0n) is 10.8. The summed E-state index contributed by atoms with van der Waals surface area (Å²) >= 11 is 1.47. The lowest BCUT2D eigenvalue weighted by molar-refractivity contribution is -0.0978. The van der Waals surface area contributed by atoms with Crippen LogP contribution in [0.5, 0.6) is 0 Å². The van der Waals surface area contributed by atoms with Crippen molar-refractivity contribution in [2.75, 3.05) is 19.8 Å². The highest BCUT2D eigenvalue weighted by Crippen LogP contribution is 2.26. The predicted molar refractivity (Wildman–Crippen MR) is 74.9 cm³/mol. The molecule has 0 unspecified atom stereocenters. The van der Waals surface area contributed by atoms with Crippen LogP contribution in [0.3, 0.4) is 0 Å². The molecule has 2 aromatic rings. The van der Waals surface area contributed by atoms with Crippen molar-refractivity contribution in [1.82, 2.24) is 9.88 Å². The molecule has 1 amide bonds. The van der Waals surface area contributed by atoms with Crippen molar-refractivity contribution in [3.8, 4) is 5.69 Å². The second-order valence-electron chi connectivity index (χ2n) is 5.21. The third-order valence-corrected chi connectivity index (χ3v) is 4.21. The summed E-state index contributed by atoms with van der Waals surface area (Å²) < 4.78 is 7.15. The number of rotatable bonds is 4. The van der Waals surface area contributed by atoms with Crippen LogP contribution in [0.2, 0.25) is 0 Å². The van der Waals surface area contributed by atoms with Gasteiger partial charge in [0.15, 0.2) is 0 Å². The number of hydrogen-bond acceptors (Lipinski definition) is 3. The molecule has 4 nitrogen and oxygen atoms in total. The first kappa shape index (κ1) is 12.4. The fourth-order valence-electron chi connectivity index (χ4n) is 2.10. The minimum atomic E-state index is -0.00757. The van der Waals surface area contributed by atoms with E-state index in [1.807, 2.05) is 40.5 Å². The van der Waals surface area contributed by atoms with Gasteiger partial charge in [0.25, 0.3) is 5.91 Å². The van der Waals surface area contributed by atoms with Gasteiger partial charge in [0, 0.05) is 24.4 Å². The molecule has 3 rings (SSSR count). The van der Waals surface area contributed by atoms with Gasteiger partial charge in [0.2, 0.25) is 0 Å². The Morgan fingerprint density at radius 2 is 2.21 bits per heavy atom. The summed E-state index contributed by atoms with van der Waals surface area (Å²) in [5.41, 5.74) is 1.03. The summed E-state index contributed by atoms with van der Waals surface area (Å²) in [4.78, 5) is 13.0. The molecule has 1 aliphatic heterocycles. The average molecular weight is 276 g/mol. The maximum absolute atomic E-state index is 12.3. The number of amides is 1. The maximum atomic E-state index is 12.3. The first-order valence-corrected chi connectivity index (χ1v) is 7.13. The van der Waals surface area contributed by atoms with E-state index in [2.05, 4.69) is 12.2 Å². The minimum Gasteiger partial charge on any atom is -0.380 e. The molecule has 3 heterocycles. The topological polar surface area (TPSA) is 43.3 Å². The summed E-state index contributed by atoms with van der Waals surface area (Å²) in [6.45, 7) is 4.23. The summed E-state index contributed by atoms with van der Waals surface area (Å²) in [5, 5.41) is 4.95. The molecule has 5 heteroatoms. The predicted octanol–water partition coefficient (Wildman–Crippen LogP) is 2.31. The quantitative estimate of drug-likeness (QED) is 0.931. The first-order valence-electron chi connectivity index (χ1n) is 6.25. The molecule has 0 aromatic carbocycles. The summed E-state index contributed by atoms with van der Waals surface area (Å²) in [5.74, 6) is -0.00757. The van der Waals surface area contributed by atoms with Gasteiger partial charge in [0.1, 0.15) is 4.88 Å². The Kier molecular flexibility index (Phi) is 3.16. The van der Waals surface area contributed by atoms with Gasteiger partial charge in [-0.25, -0.2) is 0 Å². The van der Waals surface area contributed by atoms with E-state index < -0.39 is 0 Å². The van der Waals surface area contributed by atoms with Gasteiger partial charge in [-0.2, -0.15) is 0 Å². The van der Waals surface area contributed by atoms with Crippen LogP contribution in [-0.4, -0.2) is 30.2 Å². The van der Waals surface area contributed by atoms with Crippen molar-refractivity contribution >= 4 is 17.2 Å². The summed E-state index contributed by atoms with van der Waals surface area (Å²) in [6, 6.07) is 5.87. The van der Waals surface area contributed by atoms with Gasteiger partial charge in [-0.05, 0) is 23.6 Å². The average Bonchev–Trinajstić information content (AvgIpc) is 3.02. The van der Waals surface area contributed by atoms with Crippen molar-refractivity contribution in [1.29, 1.82) is 0 Å². The van der Waals surface area contributed by atoms with Gasteiger partial charge in [-0.3, -0.25) is 4.79 Å². The van der Waals surface area contributed by atoms with E-state index in [1.165, 1.54) is 11.3 Å². The largest absolute Gasteiger partial charge is 0.380 e. The second kappa shape index (κ2) is 4.83. The third-order valence-electron chi connectivity index (χ3n) is 3.31. The molecule has 0 radical (unpaired) electrons. The second-order valence-corrected chi connectivity index (χ2v) is 6.13. The van der Waals surface area contributed by atoms with Gasteiger partial charge in [-0.15, -0.1) is 11.3 Å². The Morgan fingerprint density at radius 1 is 1.47 bits per heavy atom. The molecule has 0 aliphatic carbocycles. The zero-order valence-corrected chi connectivity index (χ0v) is 11.6. The smallest absolute Gasteiger partial charge is 0.263 e. The monoisotopic (exact) mass is 276 g/mol. The molecule has 1 fully saturated rings. The molecule has 2 aromatic heterocycles. The van der Waals surface area contributed by atoms with E-state index >= 15 is 0 Å². The molecule has 1 N–H and O–H groups in total. The maximum Gasteiger partial charge on any atom is 0.263 e. The number of carbonyl (C=O) groups excluding carboxylic acids is 1. The molecule has 0 bridgehead atoms. The van der Waals surface area contributed by atoms with Crippen LogP contribution in [0.1, 0.15) is 16.6 Å². The first-order chi connectivity index (χ1) is 9.18. The van der Waals surface area contributed by atoms with Crippen LogP contribution in [0, 0.1) is 5.41 Å². The van der Waals surface area contributed by atoms with Crippen molar-refractivity contribution in [2.24, 2.45) is 5.41 Å². The molecule has 0 spiro atoms. The molecular formula is C14H16N2O2S. The van der Waals surface area contributed by atoms with E-state index in [1.54, 1.807) is 0 Å². The van der Waals surface area contributed by atoms with E-state index in [-0.39, 0.29) is 11.3 Å². The standard InChI is InChI=1S/C14H16N2O2S/c1-14(9-18-10-14)8-15-13(17)12-11(4-7-19-12)16-5-2-3-6-16/h2-7H,8-10H2,1H3,(H,15,17). The fourth-order valence-corrected chi connectivity index (χ4v) is 2.90. The number of ether oxygens (including phenoxy) is 1. The number of aromatic nitrogens is 1. The highest BCUT2D eigenvalue weighted by molar-refractivity contribution is 7.12. The Labute approximate surface area is 116 Å². The normalized spacial score (nSPS) is 16.9. The molecular weight excluding hydrogens is 260 g/mol. The van der Waals surface area contributed by atoms with Crippen molar-refractivity contribution < 1.29 is 9.53 Å². The zero-order chi connectivity index (χ0) is 13.3. The van der Waals surface area contributed by atoms with Gasteiger partial charge >= 0.3 is 0 Å². The van der Waals surface area contributed by atoms with Crippen LogP contribution in [0.25, 0.3) is 5.69 Å². The van der Waals surface area contributed by atoms with Crippen molar-refractivity contribution in [3.05, 3.63) is 40.8 Å². The fraction of sp³-hybridized carbons (Fsp3) is 0.357. The van der Waals surface area contributed by atoms with Gasteiger partial charge in [-0.1, -0.05) is 6.92 Å². The summed E-state index contributed by atoms with van der Waals surface area (Å²) in [7, 11) is 0. The summed E-state index contributed by atoms with van der Waals surface area (Å²) in [6.07, 6.45) is 3.89. The Balaban J connectivity index is 1.72. The highest BCUT2D eigenvalue weighted by atomic mass is 32.1. The molecule has 100 valence electrons. The van der Waals surface area contributed by atoms with Crippen molar-refractivity contribution in [2.45, 2.75) is 6.92 Å². The lowest BCUT2D eigenvalue weighted by Gasteiger charge is -2.37. The molecule has 0 atom stereocenters. The van der Waals surface area contributed by atoms with Gasteiger partial charge in [0.05, 0.1) is 18.9 Å². The van der Waals surface area contributed by atoms with E-state index in [0.717, 1.165) is 23.8 Å². The van der Waals surface area contributed by atoms with Gasteiger partial charge < -0.3 is 14.6 Å². The SMILES string of the molecule is CC1(CNC(=O)c2sccc2-n2cccc2)COC1. The van der Waals surface area contributed by atoms with Crippen molar-refractivity contribution in [3.63, 3.8) is 0 Å². The Bertz CT molecular complexity index is 570. The Morgan fingerprint density at radius 3 is 2.84 bits per heavy atom. The van der Waals surface area contributed by atoms with Crippen LogP contribution in [0.4, 0.5) is 0 Å². The van der Waals surface area contributed by atoms with Crippen LogP contribution in [0.15, 0.2) is 36.0 Å². The molecule has 0 saturated carbocycles. The molecule has 19 heavy (non-hydrogen) atoms. The Hall–Kier alpha value is -1.59. The number of hydrogen-bond donors (Lipinski definition) is 1. The minimum absolute atomic E-state index is 0.00757. The van der Waals surface area contributed by atoms with Crippen LogP contribution in [-0.2, 0) is 4.74 Å². The third kappa shape index (κ3) is 2.43. The highest BCUT2D eigenvalue weighted by Gasteiger charge is 2.33. The van der Waals surface area contributed by atoms with E-state index in [4.69, 9.17) is 4.74 Å². The number of thiophene rings is 1. The van der Waals surface area contributed by atoms with E-state index in [0.29, 0.717) is 6.54 Å². The number of nitrogens with one attached hydrogen (secondary N) is 1. The number of carbonyl (C=O) groups is 1. The van der Waals surface area contributed by atoms with E-state index in [9.17, 15) is 4.79 Å². The molecule has 1 saturated heterocycles. The molecule has 1 aliphatic rings. The van der Waals surface area contributed by atoms with Crippen LogP contribution < -0.4 is 5.32 Å². The lowest BCUT2D eigenvalue weighted by atomic mass is 9.89. The number of nitrogens with zero attached hydrogens (tertiary/aromatic N) is 1.